The Hall–Kier alpha value is -0.0500. The summed E-state index contributed by atoms with van der Waals surface area (Å²) < 4.78 is 12.3. The maximum absolute atomic E-state index is 11.7. The Morgan fingerprint density at radius 3 is 1.95 bits per heavy atom. The van der Waals surface area contributed by atoms with E-state index in [2.05, 4.69) is 72.5 Å². The van der Waals surface area contributed by atoms with Gasteiger partial charge in [0.05, 0.1) is 14.9 Å². The van der Waals surface area contributed by atoms with E-state index in [1.54, 1.807) is 0 Å². The van der Waals surface area contributed by atoms with E-state index in [9.17, 15) is 9.59 Å². The van der Waals surface area contributed by atoms with E-state index < -0.39 is 5.97 Å². The smallest absolute Gasteiger partial charge is 0.306 e. The van der Waals surface area contributed by atoms with Crippen molar-refractivity contribution in [1.82, 2.24) is 0 Å². The molecule has 0 spiro atoms. The van der Waals surface area contributed by atoms with Crippen LogP contribution in [0.3, 0.4) is 0 Å². The average molecular weight is 644 g/mol. The molecular formula is C13H15I3N2O4. The Labute approximate surface area is 169 Å². The molecule has 0 saturated heterocycles. The lowest BCUT2D eigenvalue weighted by Gasteiger charge is -2.14. The fraction of sp³-hybridized carbons (Fsp3) is 0.385. The lowest BCUT2D eigenvalue weighted by atomic mass is 10.1. The highest BCUT2D eigenvalue weighted by Gasteiger charge is 2.17. The van der Waals surface area contributed by atoms with Crippen LogP contribution < -0.4 is 11.5 Å². The molecule has 0 radical (unpaired) electrons. The molecule has 0 aromatic heterocycles. The lowest BCUT2D eigenvalue weighted by Crippen LogP contribution is -2.14. The van der Waals surface area contributed by atoms with E-state index >= 15 is 0 Å². The first-order chi connectivity index (χ1) is 10.3. The van der Waals surface area contributed by atoms with Crippen LogP contribution in [0.1, 0.15) is 18.9 Å². The first-order valence-corrected chi connectivity index (χ1v) is 9.48. The molecule has 0 bridgehead atoms. The predicted octanol–water partition coefficient (Wildman–Crippen LogP) is 2.70. The number of nitrogen functional groups attached to an aromatic ring is 2. The summed E-state index contributed by atoms with van der Waals surface area (Å²) in [4.78, 5) is 22.3. The molecule has 0 saturated carbocycles. The molecular weight excluding hydrogens is 629 g/mol. The molecule has 22 heavy (non-hydrogen) atoms. The molecule has 0 heterocycles. The van der Waals surface area contributed by atoms with Gasteiger partial charge in [0.25, 0.3) is 0 Å². The van der Waals surface area contributed by atoms with Crippen molar-refractivity contribution in [2.24, 2.45) is 0 Å². The van der Waals surface area contributed by atoms with Gasteiger partial charge in [-0.2, -0.15) is 0 Å². The second kappa shape index (κ2) is 9.30. The summed E-state index contributed by atoms with van der Waals surface area (Å²) in [5, 5.41) is 0. The van der Waals surface area contributed by atoms with Gasteiger partial charge in [0.15, 0.2) is 0 Å². The maximum Gasteiger partial charge on any atom is 0.306 e. The van der Waals surface area contributed by atoms with Crippen molar-refractivity contribution < 1.29 is 19.1 Å². The third-order valence-corrected chi connectivity index (χ3v) is 6.33. The van der Waals surface area contributed by atoms with E-state index in [0.717, 1.165) is 16.3 Å². The first kappa shape index (κ1) is 20.0. The summed E-state index contributed by atoms with van der Waals surface area (Å²) in [6.45, 7) is 1.43. The molecule has 1 rings (SSSR count). The van der Waals surface area contributed by atoms with Crippen molar-refractivity contribution >= 4 is 91.1 Å². The summed E-state index contributed by atoms with van der Waals surface area (Å²) >= 11 is 6.44. The highest BCUT2D eigenvalue weighted by Crippen LogP contribution is 2.35. The minimum Gasteiger partial charge on any atom is -0.462 e. The van der Waals surface area contributed by atoms with E-state index in [-0.39, 0.29) is 25.6 Å². The quantitative estimate of drug-likeness (QED) is 0.214. The molecule has 4 N–H and O–H groups in total. The van der Waals surface area contributed by atoms with Gasteiger partial charge in [0.1, 0.15) is 13.2 Å². The molecule has 0 aliphatic carbocycles. The molecule has 1 aromatic rings. The second-order valence-corrected chi connectivity index (χ2v) is 7.54. The van der Waals surface area contributed by atoms with Crippen LogP contribution in [0.5, 0.6) is 0 Å². The van der Waals surface area contributed by atoms with Crippen LogP contribution in [0.15, 0.2) is 0 Å². The van der Waals surface area contributed by atoms with Crippen LogP contribution in [-0.2, 0) is 25.5 Å². The Morgan fingerprint density at radius 2 is 1.45 bits per heavy atom. The van der Waals surface area contributed by atoms with Gasteiger partial charge in [0.2, 0.25) is 0 Å². The zero-order valence-electron chi connectivity index (χ0n) is 11.8. The van der Waals surface area contributed by atoms with Crippen LogP contribution >= 0.6 is 67.8 Å². The highest BCUT2D eigenvalue weighted by molar-refractivity contribution is 14.1. The van der Waals surface area contributed by atoms with Gasteiger partial charge in [-0.3, -0.25) is 9.59 Å². The standard InChI is InChI=1S/C13H15I3N2O4/c1-6(19)21-4-5-22-8(20)3-2-7-9(14)12(17)11(16)13(18)10(7)15/h2-5,17-18H2,1H3. The highest BCUT2D eigenvalue weighted by atomic mass is 127. The number of halogens is 3. The predicted molar refractivity (Wildman–Crippen MR) is 109 cm³/mol. The zero-order chi connectivity index (χ0) is 16.9. The van der Waals surface area contributed by atoms with Gasteiger partial charge in [-0.15, -0.1) is 0 Å². The average Bonchev–Trinajstić information content (AvgIpc) is 2.47. The molecule has 0 fully saturated rings. The monoisotopic (exact) mass is 644 g/mol. The number of esters is 2. The Balaban J connectivity index is 2.62. The lowest BCUT2D eigenvalue weighted by molar-refractivity contribution is -0.150. The Kier molecular flexibility index (Phi) is 8.45. The molecule has 6 nitrogen and oxygen atoms in total. The fourth-order valence-electron chi connectivity index (χ4n) is 1.62. The van der Waals surface area contributed by atoms with Crippen molar-refractivity contribution in [3.05, 3.63) is 16.3 Å². The summed E-state index contributed by atoms with van der Waals surface area (Å²) in [6.07, 6.45) is 0.708. The van der Waals surface area contributed by atoms with Crippen LogP contribution in [0.4, 0.5) is 11.4 Å². The molecule has 0 aliphatic heterocycles. The number of benzene rings is 1. The van der Waals surface area contributed by atoms with Crippen LogP contribution in [0.25, 0.3) is 0 Å². The van der Waals surface area contributed by atoms with E-state index in [0.29, 0.717) is 17.8 Å². The molecule has 1 aromatic carbocycles. The van der Waals surface area contributed by atoms with E-state index in [1.165, 1.54) is 6.92 Å². The number of nitrogens with two attached hydrogens (primary N) is 2. The van der Waals surface area contributed by atoms with Crippen molar-refractivity contribution in [3.8, 4) is 0 Å². The third-order valence-electron chi connectivity index (χ3n) is 2.71. The molecule has 0 unspecified atom stereocenters. The van der Waals surface area contributed by atoms with Crippen LogP contribution in [0.2, 0.25) is 0 Å². The number of anilines is 2. The van der Waals surface area contributed by atoms with Crippen molar-refractivity contribution in [3.63, 3.8) is 0 Å². The number of rotatable bonds is 6. The molecule has 0 atom stereocenters. The van der Waals surface area contributed by atoms with E-state index in [4.69, 9.17) is 16.2 Å². The minimum absolute atomic E-state index is 0.0591. The summed E-state index contributed by atoms with van der Waals surface area (Å²) in [5.41, 5.74) is 14.3. The van der Waals surface area contributed by atoms with Gasteiger partial charge in [-0.05, 0) is 79.8 Å². The largest absolute Gasteiger partial charge is 0.462 e. The van der Waals surface area contributed by atoms with Crippen molar-refractivity contribution in [2.75, 3.05) is 24.7 Å². The maximum atomic E-state index is 11.7. The van der Waals surface area contributed by atoms with E-state index in [1.807, 2.05) is 0 Å². The van der Waals surface area contributed by atoms with Crippen molar-refractivity contribution in [1.29, 1.82) is 0 Å². The van der Waals surface area contributed by atoms with Gasteiger partial charge >= 0.3 is 11.9 Å². The Morgan fingerprint density at radius 1 is 0.955 bits per heavy atom. The van der Waals surface area contributed by atoms with Gasteiger partial charge in [-0.1, -0.05) is 0 Å². The molecule has 9 heteroatoms. The summed E-state index contributed by atoms with van der Waals surface area (Å²) in [7, 11) is 0. The van der Waals surface area contributed by atoms with Gasteiger partial charge in [0, 0.05) is 20.5 Å². The normalized spacial score (nSPS) is 10.4. The number of carbonyl (C=O) groups is 2. The number of hydrogen-bond donors (Lipinski definition) is 2. The zero-order valence-corrected chi connectivity index (χ0v) is 18.2. The topological polar surface area (TPSA) is 105 Å². The molecule has 0 amide bonds. The van der Waals surface area contributed by atoms with Gasteiger partial charge < -0.3 is 20.9 Å². The molecule has 122 valence electrons. The summed E-state index contributed by atoms with van der Waals surface area (Å²) in [5.74, 6) is -0.751. The minimum atomic E-state index is -0.398. The number of carbonyl (C=O) groups excluding carboxylic acids is 2. The van der Waals surface area contributed by atoms with Gasteiger partial charge in [-0.25, -0.2) is 0 Å². The Bertz CT molecular complexity index is 564. The first-order valence-electron chi connectivity index (χ1n) is 6.25. The number of hydrogen-bond acceptors (Lipinski definition) is 6. The third kappa shape index (κ3) is 5.54. The van der Waals surface area contributed by atoms with Crippen molar-refractivity contribution in [2.45, 2.75) is 19.8 Å². The fourth-order valence-corrected chi connectivity index (χ4v) is 5.32. The number of ether oxygens (including phenoxy) is 2. The molecule has 0 aliphatic rings. The van der Waals surface area contributed by atoms with Crippen LogP contribution in [0, 0.1) is 10.7 Å². The second-order valence-electron chi connectivity index (χ2n) is 4.31. The SMILES string of the molecule is CC(=O)OCCOC(=O)CCc1c(I)c(N)c(I)c(N)c1I. The van der Waals surface area contributed by atoms with Crippen LogP contribution in [-0.4, -0.2) is 25.2 Å². The summed E-state index contributed by atoms with van der Waals surface area (Å²) in [6, 6.07) is 0.